The van der Waals surface area contributed by atoms with Gasteiger partial charge in [0.2, 0.25) is 0 Å². The van der Waals surface area contributed by atoms with E-state index in [4.69, 9.17) is 14.6 Å². The molecular weight excluding hydrogens is 416 g/mol. The molecule has 0 radical (unpaired) electrons. The lowest BCUT2D eigenvalue weighted by Gasteiger charge is -2.16. The van der Waals surface area contributed by atoms with Crippen molar-refractivity contribution in [2.45, 2.75) is 32.5 Å². The zero-order chi connectivity index (χ0) is 23.6. The van der Waals surface area contributed by atoms with E-state index < -0.39 is 12.2 Å². The third-order valence-electron chi connectivity index (χ3n) is 5.43. The highest BCUT2D eigenvalue weighted by molar-refractivity contribution is 5.97. The number of ether oxygens (including phenoxy) is 2. The highest BCUT2D eigenvalue weighted by Crippen LogP contribution is 2.33. The van der Waals surface area contributed by atoms with E-state index >= 15 is 0 Å². The summed E-state index contributed by atoms with van der Waals surface area (Å²) in [6.07, 6.45) is -0.723. The fraction of sp³-hybridized carbons (Fsp3) is 0.286. The normalized spacial score (nSPS) is 13.7. The van der Waals surface area contributed by atoms with Crippen molar-refractivity contribution in [1.29, 1.82) is 0 Å². The van der Waals surface area contributed by atoms with E-state index in [2.05, 4.69) is 19.1 Å². The van der Waals surface area contributed by atoms with Crippen molar-refractivity contribution in [2.24, 2.45) is 0 Å². The fourth-order valence-electron chi connectivity index (χ4n) is 3.42. The molecule has 3 aromatic carbocycles. The first-order valence-corrected chi connectivity index (χ1v) is 11.2. The Kier molecular flexibility index (Phi) is 9.07. The molecule has 5 nitrogen and oxygen atoms in total. The predicted octanol–water partition coefficient (Wildman–Crippen LogP) is 4.55. The van der Waals surface area contributed by atoms with E-state index in [0.717, 1.165) is 27.8 Å². The van der Waals surface area contributed by atoms with Gasteiger partial charge in [0, 0.05) is 0 Å². The van der Waals surface area contributed by atoms with Crippen LogP contribution in [0.3, 0.4) is 0 Å². The summed E-state index contributed by atoms with van der Waals surface area (Å²) >= 11 is 0. The van der Waals surface area contributed by atoms with Gasteiger partial charge in [-0.25, -0.2) is 0 Å². The van der Waals surface area contributed by atoms with Crippen molar-refractivity contribution >= 4 is 11.1 Å². The standard InChI is InChI=1S/C28H32O5/c1-3-24(30)18-32-26-13-9-22(10-14-26)28(20(2)21-7-5-4-6-8-21)23-11-15-27(16-12-23)33-19-25(31)17-29/h4-16,24-25,29-31H,3,17-19H2,1-2H3/b28-20+. The molecule has 0 saturated heterocycles. The predicted molar refractivity (Wildman–Crippen MR) is 131 cm³/mol. The Morgan fingerprint density at radius 1 is 0.697 bits per heavy atom. The van der Waals surface area contributed by atoms with Crippen LogP contribution in [0.5, 0.6) is 11.5 Å². The highest BCUT2D eigenvalue weighted by atomic mass is 16.5. The van der Waals surface area contributed by atoms with E-state index in [1.54, 1.807) is 0 Å². The zero-order valence-electron chi connectivity index (χ0n) is 19.1. The highest BCUT2D eigenvalue weighted by Gasteiger charge is 2.12. The number of allylic oxidation sites excluding steroid dienone is 1. The zero-order valence-corrected chi connectivity index (χ0v) is 19.1. The average molecular weight is 449 g/mol. The number of hydrogen-bond donors (Lipinski definition) is 3. The van der Waals surface area contributed by atoms with Gasteiger partial charge in [0.25, 0.3) is 0 Å². The first kappa shape index (κ1) is 24.5. The van der Waals surface area contributed by atoms with E-state index in [1.165, 1.54) is 0 Å². The summed E-state index contributed by atoms with van der Waals surface area (Å²) in [5, 5.41) is 28.2. The molecule has 0 aliphatic rings. The molecular formula is C28H32O5. The van der Waals surface area contributed by atoms with Crippen LogP contribution >= 0.6 is 0 Å². The lowest BCUT2D eigenvalue weighted by molar-refractivity contribution is 0.0536. The van der Waals surface area contributed by atoms with Gasteiger partial charge >= 0.3 is 0 Å². The van der Waals surface area contributed by atoms with Gasteiger partial charge in [0.05, 0.1) is 12.7 Å². The van der Waals surface area contributed by atoms with Gasteiger partial charge in [-0.2, -0.15) is 0 Å². The van der Waals surface area contributed by atoms with Gasteiger partial charge in [-0.15, -0.1) is 0 Å². The first-order chi connectivity index (χ1) is 16.0. The quantitative estimate of drug-likeness (QED) is 0.375. The molecule has 3 aromatic rings. The largest absolute Gasteiger partial charge is 0.491 e. The average Bonchev–Trinajstić information content (AvgIpc) is 2.87. The van der Waals surface area contributed by atoms with Crippen molar-refractivity contribution in [1.82, 2.24) is 0 Å². The molecule has 3 N–H and O–H groups in total. The molecule has 0 heterocycles. The number of aliphatic hydroxyl groups is 3. The van der Waals surface area contributed by atoms with Crippen LogP contribution in [0.15, 0.2) is 78.9 Å². The molecule has 0 spiro atoms. The monoisotopic (exact) mass is 448 g/mol. The van der Waals surface area contributed by atoms with Crippen LogP contribution in [0.1, 0.15) is 37.0 Å². The molecule has 2 atom stereocenters. The van der Waals surface area contributed by atoms with E-state index in [0.29, 0.717) is 17.9 Å². The summed E-state index contributed by atoms with van der Waals surface area (Å²) in [6, 6.07) is 25.8. The van der Waals surface area contributed by atoms with Crippen molar-refractivity contribution < 1.29 is 24.8 Å². The Morgan fingerprint density at radius 2 is 1.18 bits per heavy atom. The topological polar surface area (TPSA) is 79.2 Å². The third kappa shape index (κ3) is 6.93. The van der Waals surface area contributed by atoms with E-state index in [-0.39, 0.29) is 19.8 Å². The molecule has 0 aliphatic carbocycles. The summed E-state index contributed by atoms with van der Waals surface area (Å²) in [5.74, 6) is 1.34. The summed E-state index contributed by atoms with van der Waals surface area (Å²) < 4.78 is 11.2. The molecule has 174 valence electrons. The Balaban J connectivity index is 1.91. The maximum atomic E-state index is 9.75. The molecule has 33 heavy (non-hydrogen) atoms. The van der Waals surface area contributed by atoms with Crippen LogP contribution in [0.2, 0.25) is 0 Å². The Hall–Kier alpha value is -3.12. The van der Waals surface area contributed by atoms with Crippen molar-refractivity contribution in [3.8, 4) is 11.5 Å². The molecule has 0 amide bonds. The Labute approximate surface area is 195 Å². The molecule has 0 fully saturated rings. The minimum absolute atomic E-state index is 0.0375. The molecule has 0 bridgehead atoms. The van der Waals surface area contributed by atoms with Crippen molar-refractivity contribution in [2.75, 3.05) is 19.8 Å². The summed E-state index contributed by atoms with van der Waals surface area (Å²) in [4.78, 5) is 0. The van der Waals surface area contributed by atoms with E-state index in [9.17, 15) is 10.2 Å². The van der Waals surface area contributed by atoms with Crippen molar-refractivity contribution in [3.05, 3.63) is 95.6 Å². The van der Waals surface area contributed by atoms with Crippen LogP contribution in [0, 0.1) is 0 Å². The SMILES string of the molecule is CCC(O)COc1ccc(/C(=C(/C)c2ccccc2)c2ccc(OCC(O)CO)cc2)cc1. The second kappa shape index (κ2) is 12.2. The van der Waals surface area contributed by atoms with Crippen molar-refractivity contribution in [3.63, 3.8) is 0 Å². The summed E-state index contributed by atoms with van der Waals surface area (Å²) in [5.41, 5.74) is 5.43. The minimum Gasteiger partial charge on any atom is -0.491 e. The smallest absolute Gasteiger partial charge is 0.119 e. The van der Waals surface area contributed by atoms with Gasteiger partial charge in [-0.3, -0.25) is 0 Å². The number of rotatable bonds is 11. The first-order valence-electron chi connectivity index (χ1n) is 11.2. The molecule has 2 unspecified atom stereocenters. The van der Waals surface area contributed by atoms with Crippen LogP contribution in [-0.4, -0.2) is 47.3 Å². The maximum Gasteiger partial charge on any atom is 0.119 e. The number of hydrogen-bond acceptors (Lipinski definition) is 5. The third-order valence-corrected chi connectivity index (χ3v) is 5.43. The van der Waals surface area contributed by atoms with Crippen LogP contribution < -0.4 is 9.47 Å². The number of aliphatic hydroxyl groups excluding tert-OH is 3. The molecule has 3 rings (SSSR count). The van der Waals surface area contributed by atoms with Crippen LogP contribution in [0.25, 0.3) is 11.1 Å². The number of benzene rings is 3. The summed E-state index contributed by atoms with van der Waals surface area (Å²) in [7, 11) is 0. The van der Waals surface area contributed by atoms with Crippen LogP contribution in [0.4, 0.5) is 0 Å². The Bertz CT molecular complexity index is 951. The fourth-order valence-corrected chi connectivity index (χ4v) is 3.42. The lowest BCUT2D eigenvalue weighted by Crippen LogP contribution is -2.21. The maximum absolute atomic E-state index is 9.75. The van der Waals surface area contributed by atoms with Gasteiger partial charge in [-0.05, 0) is 65.4 Å². The second-order valence-corrected chi connectivity index (χ2v) is 7.94. The van der Waals surface area contributed by atoms with Gasteiger partial charge in [0.15, 0.2) is 0 Å². The van der Waals surface area contributed by atoms with Gasteiger partial charge in [0.1, 0.15) is 30.8 Å². The summed E-state index contributed by atoms with van der Waals surface area (Å²) in [6.45, 7) is 4.00. The molecule has 0 saturated carbocycles. The van der Waals surface area contributed by atoms with Gasteiger partial charge < -0.3 is 24.8 Å². The van der Waals surface area contributed by atoms with E-state index in [1.807, 2.05) is 73.7 Å². The van der Waals surface area contributed by atoms with Crippen LogP contribution in [-0.2, 0) is 0 Å². The molecule has 5 heteroatoms. The lowest BCUT2D eigenvalue weighted by atomic mass is 9.90. The van der Waals surface area contributed by atoms with Gasteiger partial charge in [-0.1, -0.05) is 61.5 Å². The molecule has 0 aromatic heterocycles. The molecule has 0 aliphatic heterocycles. The second-order valence-electron chi connectivity index (χ2n) is 7.94. The Morgan fingerprint density at radius 3 is 1.64 bits per heavy atom. The minimum atomic E-state index is -0.903.